The molecule has 1 aromatic rings. The lowest BCUT2D eigenvalue weighted by atomic mass is 9.88. The molecule has 0 saturated carbocycles. The molecule has 0 atom stereocenters. The molecule has 1 rings (SSSR count). The molecule has 1 aromatic carbocycles. The lowest BCUT2D eigenvalue weighted by molar-refractivity contribution is -0.384. The van der Waals surface area contributed by atoms with Crippen molar-refractivity contribution in [3.63, 3.8) is 0 Å². The molecule has 0 aliphatic carbocycles. The van der Waals surface area contributed by atoms with Crippen LogP contribution in [0.15, 0.2) is 24.3 Å². The molecule has 0 spiro atoms. The molecule has 5 nitrogen and oxygen atoms in total. The SMILES string of the molecule is [B]OC(C)(C)C(C)(C)Oc1ccc([N+](=O)[O-])cc1. The summed E-state index contributed by atoms with van der Waals surface area (Å²) in [7, 11) is 5.24. The van der Waals surface area contributed by atoms with Crippen molar-refractivity contribution < 1.29 is 14.3 Å². The number of ether oxygens (including phenoxy) is 1. The number of nitrogens with zero attached hydrogens (tertiary/aromatic N) is 1. The van der Waals surface area contributed by atoms with Crippen LogP contribution in [-0.4, -0.2) is 24.2 Å². The Morgan fingerprint density at radius 1 is 1.11 bits per heavy atom. The standard InChI is InChI=1S/C12H16BNO4/c1-11(2,12(3,4)18-13)17-10-7-5-9(6-8-10)14(15)16/h5-8H,1-4H3. The van der Waals surface area contributed by atoms with Crippen molar-refractivity contribution in [3.05, 3.63) is 34.4 Å². The molecule has 0 heterocycles. The Balaban J connectivity index is 2.88. The van der Waals surface area contributed by atoms with Crippen LogP contribution in [0.4, 0.5) is 5.69 Å². The Hall–Kier alpha value is -1.56. The minimum absolute atomic E-state index is 0.0227. The molecule has 18 heavy (non-hydrogen) atoms. The van der Waals surface area contributed by atoms with Gasteiger partial charge in [-0.25, -0.2) is 0 Å². The minimum atomic E-state index is -0.700. The molecule has 0 fully saturated rings. The number of hydrogen-bond donors (Lipinski definition) is 0. The van der Waals surface area contributed by atoms with Crippen LogP contribution in [0.5, 0.6) is 5.75 Å². The van der Waals surface area contributed by atoms with Gasteiger partial charge in [0.1, 0.15) is 11.4 Å². The van der Waals surface area contributed by atoms with Crippen LogP contribution in [0.2, 0.25) is 0 Å². The van der Waals surface area contributed by atoms with Crippen LogP contribution >= 0.6 is 0 Å². The number of benzene rings is 1. The zero-order chi connectivity index (χ0) is 14.0. The quantitative estimate of drug-likeness (QED) is 0.457. The Morgan fingerprint density at radius 3 is 2.00 bits per heavy atom. The van der Waals surface area contributed by atoms with Crippen LogP contribution in [0.1, 0.15) is 27.7 Å². The van der Waals surface area contributed by atoms with E-state index in [1.54, 1.807) is 26.0 Å². The molecule has 0 aromatic heterocycles. The first-order chi connectivity index (χ1) is 8.19. The van der Waals surface area contributed by atoms with E-state index in [1.165, 1.54) is 12.1 Å². The fourth-order valence-electron chi connectivity index (χ4n) is 1.20. The number of rotatable bonds is 5. The number of hydrogen-bond acceptors (Lipinski definition) is 4. The van der Waals surface area contributed by atoms with E-state index in [-0.39, 0.29) is 5.69 Å². The van der Waals surface area contributed by atoms with Crippen molar-refractivity contribution >= 4 is 13.7 Å². The summed E-state index contributed by atoms with van der Waals surface area (Å²) >= 11 is 0. The zero-order valence-electron chi connectivity index (χ0n) is 11.0. The van der Waals surface area contributed by atoms with Crippen molar-refractivity contribution in [2.75, 3.05) is 0 Å². The van der Waals surface area contributed by atoms with Crippen LogP contribution in [0.25, 0.3) is 0 Å². The number of nitro benzene ring substituents is 1. The smallest absolute Gasteiger partial charge is 0.283 e. The summed E-state index contributed by atoms with van der Waals surface area (Å²) in [5.41, 5.74) is -1.36. The van der Waals surface area contributed by atoms with Gasteiger partial charge in [-0.2, -0.15) is 0 Å². The monoisotopic (exact) mass is 249 g/mol. The van der Waals surface area contributed by atoms with E-state index in [4.69, 9.17) is 17.4 Å². The summed E-state index contributed by atoms with van der Waals surface area (Å²) in [6.45, 7) is 7.28. The fourth-order valence-corrected chi connectivity index (χ4v) is 1.20. The highest BCUT2D eigenvalue weighted by Crippen LogP contribution is 2.30. The predicted molar refractivity (Wildman–Crippen MR) is 68.7 cm³/mol. The van der Waals surface area contributed by atoms with Crippen LogP contribution in [0.3, 0.4) is 0 Å². The van der Waals surface area contributed by atoms with E-state index >= 15 is 0 Å². The van der Waals surface area contributed by atoms with Crippen LogP contribution in [-0.2, 0) is 4.65 Å². The van der Waals surface area contributed by atoms with Gasteiger partial charge in [0.2, 0.25) is 0 Å². The predicted octanol–water partition coefficient (Wildman–Crippen LogP) is 2.63. The molecule has 0 unspecified atom stereocenters. The van der Waals surface area contributed by atoms with Crippen molar-refractivity contribution in [1.82, 2.24) is 0 Å². The van der Waals surface area contributed by atoms with Gasteiger partial charge in [-0.3, -0.25) is 10.1 Å². The van der Waals surface area contributed by atoms with Gasteiger partial charge in [0.15, 0.2) is 0 Å². The topological polar surface area (TPSA) is 61.6 Å². The van der Waals surface area contributed by atoms with Gasteiger partial charge in [0.05, 0.1) is 10.5 Å². The van der Waals surface area contributed by atoms with E-state index < -0.39 is 16.1 Å². The molecule has 6 heteroatoms. The average molecular weight is 249 g/mol. The summed E-state index contributed by atoms with van der Waals surface area (Å²) in [6, 6.07) is 5.88. The maximum absolute atomic E-state index is 10.5. The molecule has 0 N–H and O–H groups in total. The van der Waals surface area contributed by atoms with Gasteiger partial charge in [-0.05, 0) is 39.8 Å². The summed E-state index contributed by atoms with van der Waals surface area (Å²) in [6.07, 6.45) is 0. The van der Waals surface area contributed by atoms with E-state index in [1.807, 2.05) is 13.8 Å². The van der Waals surface area contributed by atoms with E-state index in [9.17, 15) is 10.1 Å². The van der Waals surface area contributed by atoms with Gasteiger partial charge < -0.3 is 9.39 Å². The van der Waals surface area contributed by atoms with E-state index in [2.05, 4.69) is 0 Å². The Morgan fingerprint density at radius 2 is 1.61 bits per heavy atom. The van der Waals surface area contributed by atoms with Gasteiger partial charge in [-0.1, -0.05) is 0 Å². The molecular weight excluding hydrogens is 233 g/mol. The number of non-ortho nitro benzene ring substituents is 1. The van der Waals surface area contributed by atoms with Crippen molar-refractivity contribution in [1.29, 1.82) is 0 Å². The first-order valence-electron chi connectivity index (χ1n) is 5.51. The molecular formula is C12H16BNO4. The first kappa shape index (κ1) is 14.5. The zero-order valence-corrected chi connectivity index (χ0v) is 11.0. The Labute approximate surface area is 108 Å². The summed E-state index contributed by atoms with van der Waals surface area (Å²) in [5.74, 6) is 0.524. The summed E-state index contributed by atoms with van der Waals surface area (Å²) in [4.78, 5) is 10.1. The maximum Gasteiger partial charge on any atom is 0.283 e. The normalized spacial score (nSPS) is 12.2. The maximum atomic E-state index is 10.5. The molecule has 0 amide bonds. The van der Waals surface area contributed by atoms with Gasteiger partial charge in [-0.15, -0.1) is 0 Å². The third kappa shape index (κ3) is 3.01. The first-order valence-corrected chi connectivity index (χ1v) is 5.51. The third-order valence-corrected chi connectivity index (χ3v) is 3.17. The molecule has 0 aliphatic heterocycles. The van der Waals surface area contributed by atoms with Crippen LogP contribution < -0.4 is 4.74 Å². The lowest BCUT2D eigenvalue weighted by Gasteiger charge is -2.41. The molecule has 2 radical (unpaired) electrons. The van der Waals surface area contributed by atoms with Gasteiger partial charge >= 0.3 is 0 Å². The fraction of sp³-hybridized carbons (Fsp3) is 0.500. The van der Waals surface area contributed by atoms with Gasteiger partial charge in [0, 0.05) is 12.1 Å². The second kappa shape index (κ2) is 4.98. The Bertz CT molecular complexity index is 428. The highest BCUT2D eigenvalue weighted by molar-refractivity contribution is 5.98. The third-order valence-electron chi connectivity index (χ3n) is 3.17. The van der Waals surface area contributed by atoms with E-state index in [0.717, 1.165) is 0 Å². The molecule has 0 bridgehead atoms. The summed E-state index contributed by atoms with van der Waals surface area (Å²) < 4.78 is 10.7. The Kier molecular flexibility index (Phi) is 4.01. The van der Waals surface area contributed by atoms with Gasteiger partial charge in [0.25, 0.3) is 13.7 Å². The van der Waals surface area contributed by atoms with Crippen molar-refractivity contribution in [3.8, 4) is 5.75 Å². The van der Waals surface area contributed by atoms with Crippen molar-refractivity contribution in [2.24, 2.45) is 0 Å². The minimum Gasteiger partial charge on any atom is -0.485 e. The number of nitro groups is 1. The van der Waals surface area contributed by atoms with E-state index in [0.29, 0.717) is 5.75 Å². The second-order valence-electron chi connectivity index (χ2n) is 4.99. The van der Waals surface area contributed by atoms with Crippen LogP contribution in [0, 0.1) is 10.1 Å². The molecule has 0 aliphatic rings. The van der Waals surface area contributed by atoms with Crippen molar-refractivity contribution in [2.45, 2.75) is 38.9 Å². The lowest BCUT2D eigenvalue weighted by Crippen LogP contribution is -2.51. The largest absolute Gasteiger partial charge is 0.485 e. The highest BCUT2D eigenvalue weighted by atomic mass is 16.6. The highest BCUT2D eigenvalue weighted by Gasteiger charge is 2.38. The second-order valence-corrected chi connectivity index (χ2v) is 4.99. The molecule has 0 saturated heterocycles. The molecule has 96 valence electrons. The summed E-state index contributed by atoms with van der Waals surface area (Å²) in [5, 5.41) is 10.5. The average Bonchev–Trinajstić information content (AvgIpc) is 2.29.